The van der Waals surface area contributed by atoms with Crippen LogP contribution >= 0.6 is 0 Å². The molecule has 0 spiro atoms. The molecule has 2 aromatic carbocycles. The molecule has 0 unspecified atom stereocenters. The highest BCUT2D eigenvalue weighted by Crippen LogP contribution is 2.33. The molecule has 1 heterocycles. The van der Waals surface area contributed by atoms with Gasteiger partial charge in [0.1, 0.15) is 5.82 Å². The molecule has 0 aromatic heterocycles. The topological polar surface area (TPSA) is 73.5 Å². The average molecular weight is 382 g/mol. The Kier molecular flexibility index (Phi) is 4.89. The normalized spacial score (nSPS) is 13.4. The van der Waals surface area contributed by atoms with Crippen molar-refractivity contribution in [2.45, 2.75) is 6.18 Å². The summed E-state index contributed by atoms with van der Waals surface area (Å²) in [5, 5.41) is 7.24. The van der Waals surface area contributed by atoms with E-state index in [1.807, 2.05) is 5.32 Å². The maximum Gasteiger partial charge on any atom is 0.419 e. The number of amides is 4. The van der Waals surface area contributed by atoms with E-state index < -0.39 is 29.6 Å². The number of hydrogen-bond donors (Lipinski definition) is 3. The van der Waals surface area contributed by atoms with E-state index in [-0.39, 0.29) is 5.69 Å². The predicted octanol–water partition coefficient (Wildman–Crippen LogP) is 4.02. The molecule has 0 saturated heterocycles. The Morgan fingerprint density at radius 3 is 2.59 bits per heavy atom. The molecule has 0 aliphatic carbocycles. The van der Waals surface area contributed by atoms with Crippen molar-refractivity contribution in [3.05, 3.63) is 53.8 Å². The molecule has 0 saturated carbocycles. The van der Waals surface area contributed by atoms with Crippen molar-refractivity contribution < 1.29 is 27.2 Å². The summed E-state index contributed by atoms with van der Waals surface area (Å²) >= 11 is 0. The number of imide groups is 1. The number of alkyl halides is 3. The second-order valence-corrected chi connectivity index (χ2v) is 5.67. The Balaban J connectivity index is 1.69. The van der Waals surface area contributed by atoms with Crippen LogP contribution in [0.3, 0.4) is 0 Å². The van der Waals surface area contributed by atoms with Gasteiger partial charge in [-0.1, -0.05) is 12.1 Å². The van der Waals surface area contributed by atoms with E-state index in [2.05, 4.69) is 10.6 Å². The number of urea groups is 2. The third-order valence-electron chi connectivity index (χ3n) is 3.84. The molecule has 6 nitrogen and oxygen atoms in total. The lowest BCUT2D eigenvalue weighted by Gasteiger charge is -2.30. The van der Waals surface area contributed by atoms with E-state index in [1.54, 1.807) is 24.3 Å². The van der Waals surface area contributed by atoms with Crippen LogP contribution in [0.4, 0.5) is 44.2 Å². The van der Waals surface area contributed by atoms with E-state index in [4.69, 9.17) is 0 Å². The smallest absolute Gasteiger partial charge is 0.382 e. The molecule has 4 amide bonds. The first-order valence-corrected chi connectivity index (χ1v) is 7.85. The summed E-state index contributed by atoms with van der Waals surface area (Å²) in [6, 6.07) is 7.22. The van der Waals surface area contributed by atoms with Crippen LogP contribution in [0, 0.1) is 5.82 Å². The van der Waals surface area contributed by atoms with Crippen molar-refractivity contribution in [3.63, 3.8) is 0 Å². The van der Waals surface area contributed by atoms with Gasteiger partial charge in [-0.2, -0.15) is 13.2 Å². The van der Waals surface area contributed by atoms with Crippen molar-refractivity contribution in [2.75, 3.05) is 28.6 Å². The molecule has 2 aromatic rings. The first-order valence-electron chi connectivity index (χ1n) is 7.85. The van der Waals surface area contributed by atoms with Crippen molar-refractivity contribution in [1.29, 1.82) is 0 Å². The SMILES string of the molecule is O=C(NC(=O)N1CCNc2ccccc21)Nc1ccc(F)c(C(F)(F)F)c1. The average Bonchev–Trinajstić information content (AvgIpc) is 2.61. The molecule has 142 valence electrons. The Labute approximate surface area is 151 Å². The first-order chi connectivity index (χ1) is 12.8. The number of para-hydroxylation sites is 2. The summed E-state index contributed by atoms with van der Waals surface area (Å²) in [6.07, 6.45) is -4.90. The van der Waals surface area contributed by atoms with Crippen LogP contribution in [0.15, 0.2) is 42.5 Å². The highest BCUT2D eigenvalue weighted by atomic mass is 19.4. The Morgan fingerprint density at radius 1 is 1.11 bits per heavy atom. The Bertz CT molecular complexity index is 885. The largest absolute Gasteiger partial charge is 0.419 e. The summed E-state index contributed by atoms with van der Waals surface area (Å²) < 4.78 is 51.5. The van der Waals surface area contributed by atoms with Gasteiger partial charge in [-0.25, -0.2) is 14.0 Å². The summed E-state index contributed by atoms with van der Waals surface area (Å²) in [4.78, 5) is 25.6. The molecular formula is C17H14F4N4O2. The maximum atomic E-state index is 13.3. The zero-order valence-corrected chi connectivity index (χ0v) is 13.7. The third kappa shape index (κ3) is 4.10. The lowest BCUT2D eigenvalue weighted by Crippen LogP contribution is -2.48. The van der Waals surface area contributed by atoms with Crippen LogP contribution in [-0.2, 0) is 6.18 Å². The van der Waals surface area contributed by atoms with Crippen LogP contribution < -0.4 is 20.9 Å². The lowest BCUT2D eigenvalue weighted by molar-refractivity contribution is -0.139. The van der Waals surface area contributed by atoms with E-state index in [0.717, 1.165) is 6.07 Å². The molecule has 3 rings (SSSR count). The van der Waals surface area contributed by atoms with Gasteiger partial charge in [0, 0.05) is 18.8 Å². The summed E-state index contributed by atoms with van der Waals surface area (Å²) in [6.45, 7) is 0.768. The Hall–Kier alpha value is -3.30. The van der Waals surface area contributed by atoms with E-state index in [9.17, 15) is 27.2 Å². The second kappa shape index (κ2) is 7.14. The van der Waals surface area contributed by atoms with Crippen LogP contribution in [0.1, 0.15) is 5.56 Å². The summed E-state index contributed by atoms with van der Waals surface area (Å²) in [7, 11) is 0. The van der Waals surface area contributed by atoms with Gasteiger partial charge in [0.25, 0.3) is 0 Å². The van der Waals surface area contributed by atoms with Crippen LogP contribution in [0.25, 0.3) is 0 Å². The quantitative estimate of drug-likeness (QED) is 0.653. The molecule has 0 bridgehead atoms. The number of nitrogens with one attached hydrogen (secondary N) is 3. The van der Waals surface area contributed by atoms with Crippen molar-refractivity contribution in [3.8, 4) is 0 Å². The molecule has 0 atom stereocenters. The number of fused-ring (bicyclic) bond motifs is 1. The van der Waals surface area contributed by atoms with Gasteiger partial charge in [0.05, 0.1) is 16.9 Å². The molecule has 10 heteroatoms. The zero-order valence-electron chi connectivity index (χ0n) is 13.7. The van der Waals surface area contributed by atoms with Crippen LogP contribution in [0.2, 0.25) is 0 Å². The van der Waals surface area contributed by atoms with Crippen LogP contribution in [0.5, 0.6) is 0 Å². The number of carbonyl (C=O) groups excluding carboxylic acids is 2. The maximum absolute atomic E-state index is 13.3. The highest BCUT2D eigenvalue weighted by molar-refractivity contribution is 6.07. The van der Waals surface area contributed by atoms with E-state index in [0.29, 0.717) is 36.6 Å². The fraction of sp³-hybridized carbons (Fsp3) is 0.176. The molecular weight excluding hydrogens is 368 g/mol. The fourth-order valence-electron chi connectivity index (χ4n) is 2.64. The molecule has 1 aliphatic heterocycles. The number of anilines is 3. The van der Waals surface area contributed by atoms with Gasteiger partial charge < -0.3 is 10.6 Å². The molecule has 3 N–H and O–H groups in total. The number of benzene rings is 2. The molecule has 1 aliphatic rings. The zero-order chi connectivity index (χ0) is 19.6. The monoisotopic (exact) mass is 382 g/mol. The van der Waals surface area contributed by atoms with Crippen molar-refractivity contribution in [1.82, 2.24) is 5.32 Å². The number of nitrogens with zero attached hydrogens (tertiary/aromatic N) is 1. The standard InChI is InChI=1S/C17H14F4N4O2/c18-12-6-5-10(9-11(12)17(19,20)21)23-15(26)24-16(27)25-8-7-22-13-3-1-2-4-14(13)25/h1-6,9,22H,7-8H2,(H2,23,24,26,27). The van der Waals surface area contributed by atoms with Gasteiger partial charge in [-0.05, 0) is 30.3 Å². The van der Waals surface area contributed by atoms with Gasteiger partial charge in [-0.3, -0.25) is 10.2 Å². The van der Waals surface area contributed by atoms with Gasteiger partial charge >= 0.3 is 18.2 Å². The highest BCUT2D eigenvalue weighted by Gasteiger charge is 2.34. The van der Waals surface area contributed by atoms with Crippen molar-refractivity contribution >= 4 is 29.1 Å². The molecule has 0 fully saturated rings. The van der Waals surface area contributed by atoms with E-state index >= 15 is 0 Å². The predicted molar refractivity (Wildman–Crippen MR) is 91.2 cm³/mol. The van der Waals surface area contributed by atoms with Crippen molar-refractivity contribution in [2.24, 2.45) is 0 Å². The lowest BCUT2D eigenvalue weighted by atomic mass is 10.2. The minimum atomic E-state index is -4.90. The summed E-state index contributed by atoms with van der Waals surface area (Å²) in [5.74, 6) is -1.46. The minimum Gasteiger partial charge on any atom is -0.382 e. The minimum absolute atomic E-state index is 0.297. The third-order valence-corrected chi connectivity index (χ3v) is 3.84. The number of rotatable bonds is 1. The fourth-order valence-corrected chi connectivity index (χ4v) is 2.64. The van der Waals surface area contributed by atoms with Gasteiger partial charge in [-0.15, -0.1) is 0 Å². The number of halogens is 4. The molecule has 0 radical (unpaired) electrons. The first kappa shape index (κ1) is 18.5. The molecule has 27 heavy (non-hydrogen) atoms. The summed E-state index contributed by atoms with van der Waals surface area (Å²) in [5.41, 5.74) is -0.528. The van der Waals surface area contributed by atoms with E-state index in [1.165, 1.54) is 4.90 Å². The number of hydrogen-bond acceptors (Lipinski definition) is 3. The Morgan fingerprint density at radius 2 is 1.85 bits per heavy atom. The second-order valence-electron chi connectivity index (χ2n) is 5.67. The van der Waals surface area contributed by atoms with Gasteiger partial charge in [0.2, 0.25) is 0 Å². The number of carbonyl (C=O) groups is 2. The van der Waals surface area contributed by atoms with Crippen LogP contribution in [-0.4, -0.2) is 25.2 Å². The van der Waals surface area contributed by atoms with Gasteiger partial charge in [0.15, 0.2) is 0 Å².